The van der Waals surface area contributed by atoms with E-state index in [9.17, 15) is 9.59 Å². The third kappa shape index (κ3) is 4.55. The van der Waals surface area contributed by atoms with Crippen LogP contribution in [0.25, 0.3) is 0 Å². The van der Waals surface area contributed by atoms with E-state index in [1.807, 2.05) is 6.07 Å². The Balaban J connectivity index is 2.30. The van der Waals surface area contributed by atoms with Crippen LogP contribution < -0.4 is 5.73 Å². The Morgan fingerprint density at radius 2 is 1.83 bits per heavy atom. The molecular formula is C18H26N2O4. The van der Waals surface area contributed by atoms with Gasteiger partial charge in [-0.05, 0) is 31.4 Å². The van der Waals surface area contributed by atoms with Gasteiger partial charge in [0.25, 0.3) is 5.91 Å². The van der Waals surface area contributed by atoms with Gasteiger partial charge in [0.15, 0.2) is 0 Å². The van der Waals surface area contributed by atoms with Crippen LogP contribution in [0.4, 0.5) is 0 Å². The van der Waals surface area contributed by atoms with E-state index in [1.165, 1.54) is 5.06 Å². The maximum atomic E-state index is 13.0. The van der Waals surface area contributed by atoms with Gasteiger partial charge < -0.3 is 10.8 Å². The van der Waals surface area contributed by atoms with Crippen molar-refractivity contribution in [3.8, 4) is 0 Å². The lowest BCUT2D eigenvalue weighted by atomic mass is 9.78. The number of benzene rings is 1. The average molecular weight is 334 g/mol. The van der Waals surface area contributed by atoms with Crippen LogP contribution in [0.1, 0.15) is 55.3 Å². The Hall–Kier alpha value is -1.92. The summed E-state index contributed by atoms with van der Waals surface area (Å²) in [5, 5.41) is 10.5. The summed E-state index contributed by atoms with van der Waals surface area (Å²) in [4.78, 5) is 29.9. The predicted molar refractivity (Wildman–Crippen MR) is 90.3 cm³/mol. The van der Waals surface area contributed by atoms with Crippen molar-refractivity contribution in [1.29, 1.82) is 0 Å². The first-order chi connectivity index (χ1) is 11.6. The second-order valence-corrected chi connectivity index (χ2v) is 6.27. The molecule has 0 bridgehead atoms. The molecule has 3 N–H and O–H groups in total. The lowest BCUT2D eigenvalue weighted by Crippen LogP contribution is -2.53. The number of hydrogen-bond donors (Lipinski definition) is 2. The molecule has 1 aliphatic carbocycles. The zero-order valence-electron chi connectivity index (χ0n) is 13.9. The Morgan fingerprint density at radius 3 is 2.42 bits per heavy atom. The molecule has 0 radical (unpaired) electrons. The number of carboxylic acids is 1. The monoisotopic (exact) mass is 334 g/mol. The number of carbonyl (C=O) groups is 2. The van der Waals surface area contributed by atoms with Crippen LogP contribution in [-0.4, -0.2) is 40.7 Å². The molecule has 0 atom stereocenters. The maximum absolute atomic E-state index is 13.0. The third-order valence-electron chi connectivity index (χ3n) is 4.56. The standard InChI is InChI=1S/C18H26N2O4/c19-13-14-24-20(17(23)15-7-3-1-4-8-15)18(12-9-16(21)22)10-5-2-6-11-18/h1,3-4,7-8H,2,5-6,9-14,19H2,(H,21,22). The highest BCUT2D eigenvalue weighted by Gasteiger charge is 2.42. The van der Waals surface area contributed by atoms with Gasteiger partial charge in [0.05, 0.1) is 12.1 Å². The van der Waals surface area contributed by atoms with Crippen LogP contribution in [0.5, 0.6) is 0 Å². The fourth-order valence-electron chi connectivity index (χ4n) is 3.36. The minimum atomic E-state index is -0.856. The number of nitrogens with zero attached hydrogens (tertiary/aromatic N) is 1. The predicted octanol–water partition coefficient (Wildman–Crippen LogP) is 2.59. The molecule has 1 saturated carbocycles. The smallest absolute Gasteiger partial charge is 0.303 e. The SMILES string of the molecule is NCCON(C(=O)c1ccccc1)C1(CCC(=O)O)CCCCC1. The summed E-state index contributed by atoms with van der Waals surface area (Å²) in [6.45, 7) is 0.529. The number of hydrogen-bond acceptors (Lipinski definition) is 4. The van der Waals surface area contributed by atoms with Gasteiger partial charge >= 0.3 is 5.97 Å². The van der Waals surface area contributed by atoms with Crippen LogP contribution in [0.15, 0.2) is 30.3 Å². The Labute approximate surface area is 142 Å². The largest absolute Gasteiger partial charge is 0.481 e. The van der Waals surface area contributed by atoms with E-state index in [0.29, 0.717) is 18.5 Å². The minimum Gasteiger partial charge on any atom is -0.481 e. The first kappa shape index (κ1) is 18.4. The molecule has 2 rings (SSSR count). The summed E-state index contributed by atoms with van der Waals surface area (Å²) in [6.07, 6.45) is 4.94. The number of carboxylic acid groups (broad SMARTS) is 1. The molecule has 6 nitrogen and oxygen atoms in total. The molecule has 0 unspecified atom stereocenters. The summed E-state index contributed by atoms with van der Waals surface area (Å²) >= 11 is 0. The van der Waals surface area contributed by atoms with Crippen molar-refractivity contribution in [2.24, 2.45) is 5.73 Å². The van der Waals surface area contributed by atoms with Gasteiger partial charge in [-0.15, -0.1) is 0 Å². The number of rotatable bonds is 8. The van der Waals surface area contributed by atoms with Gasteiger partial charge in [0, 0.05) is 18.5 Å². The summed E-state index contributed by atoms with van der Waals surface area (Å²) in [7, 11) is 0. The second kappa shape index (κ2) is 8.80. The second-order valence-electron chi connectivity index (χ2n) is 6.27. The van der Waals surface area contributed by atoms with Crippen molar-refractivity contribution < 1.29 is 19.5 Å². The normalized spacial score (nSPS) is 16.5. The van der Waals surface area contributed by atoms with Crippen LogP contribution >= 0.6 is 0 Å². The molecule has 1 aliphatic rings. The Kier molecular flexibility index (Phi) is 6.75. The highest BCUT2D eigenvalue weighted by Crippen LogP contribution is 2.38. The van der Waals surface area contributed by atoms with Crippen LogP contribution in [0.2, 0.25) is 0 Å². The number of aliphatic carboxylic acids is 1. The summed E-state index contributed by atoms with van der Waals surface area (Å²) in [6, 6.07) is 8.95. The Bertz CT molecular complexity index is 541. The topological polar surface area (TPSA) is 92.9 Å². The lowest BCUT2D eigenvalue weighted by Gasteiger charge is -2.45. The molecule has 6 heteroatoms. The van der Waals surface area contributed by atoms with Gasteiger partial charge in [-0.3, -0.25) is 14.4 Å². The molecule has 1 fully saturated rings. The van der Waals surface area contributed by atoms with Crippen LogP contribution in [0, 0.1) is 0 Å². The molecule has 0 spiro atoms. The highest BCUT2D eigenvalue weighted by molar-refractivity contribution is 5.94. The van der Waals surface area contributed by atoms with Crippen molar-refractivity contribution in [3.63, 3.8) is 0 Å². The zero-order chi connectivity index (χ0) is 17.4. The lowest BCUT2D eigenvalue weighted by molar-refractivity contribution is -0.195. The molecule has 132 valence electrons. The van der Waals surface area contributed by atoms with E-state index in [1.54, 1.807) is 24.3 Å². The molecule has 1 amide bonds. The fourth-order valence-corrected chi connectivity index (χ4v) is 3.36. The van der Waals surface area contributed by atoms with E-state index in [0.717, 1.165) is 32.1 Å². The quantitative estimate of drug-likeness (QED) is 0.713. The molecule has 0 saturated heterocycles. The van der Waals surface area contributed by atoms with Gasteiger partial charge in [-0.1, -0.05) is 37.5 Å². The molecule has 24 heavy (non-hydrogen) atoms. The molecule has 1 aromatic carbocycles. The van der Waals surface area contributed by atoms with E-state index >= 15 is 0 Å². The number of nitrogens with two attached hydrogens (primary N) is 1. The number of carbonyl (C=O) groups excluding carboxylic acids is 1. The fraction of sp³-hybridized carbons (Fsp3) is 0.556. The van der Waals surface area contributed by atoms with Crippen molar-refractivity contribution in [2.45, 2.75) is 50.5 Å². The zero-order valence-corrected chi connectivity index (χ0v) is 13.9. The number of hydroxylamine groups is 2. The van der Waals surface area contributed by atoms with Gasteiger partial charge in [-0.2, -0.15) is 0 Å². The van der Waals surface area contributed by atoms with Gasteiger partial charge in [0.1, 0.15) is 0 Å². The summed E-state index contributed by atoms with van der Waals surface area (Å²) in [5.41, 5.74) is 5.52. The van der Waals surface area contributed by atoms with Gasteiger partial charge in [-0.25, -0.2) is 5.06 Å². The first-order valence-electron chi connectivity index (χ1n) is 8.53. The number of amides is 1. The van der Waals surface area contributed by atoms with Crippen molar-refractivity contribution in [3.05, 3.63) is 35.9 Å². The van der Waals surface area contributed by atoms with Gasteiger partial charge in [0.2, 0.25) is 0 Å². The molecular weight excluding hydrogens is 308 g/mol. The van der Waals surface area contributed by atoms with Crippen LogP contribution in [-0.2, 0) is 9.63 Å². The molecule has 0 heterocycles. The molecule has 1 aromatic rings. The van der Waals surface area contributed by atoms with Crippen molar-refractivity contribution in [2.75, 3.05) is 13.2 Å². The van der Waals surface area contributed by atoms with Crippen LogP contribution in [0.3, 0.4) is 0 Å². The molecule has 0 aromatic heterocycles. The molecule has 0 aliphatic heterocycles. The summed E-state index contributed by atoms with van der Waals surface area (Å²) in [5.74, 6) is -1.08. The van der Waals surface area contributed by atoms with Crippen molar-refractivity contribution in [1.82, 2.24) is 5.06 Å². The van der Waals surface area contributed by atoms with E-state index < -0.39 is 11.5 Å². The highest BCUT2D eigenvalue weighted by atomic mass is 16.7. The maximum Gasteiger partial charge on any atom is 0.303 e. The summed E-state index contributed by atoms with van der Waals surface area (Å²) < 4.78 is 0. The van der Waals surface area contributed by atoms with E-state index in [-0.39, 0.29) is 18.9 Å². The van der Waals surface area contributed by atoms with E-state index in [2.05, 4.69) is 0 Å². The average Bonchev–Trinajstić information content (AvgIpc) is 2.62. The first-order valence-corrected chi connectivity index (χ1v) is 8.53. The van der Waals surface area contributed by atoms with Crippen molar-refractivity contribution >= 4 is 11.9 Å². The third-order valence-corrected chi connectivity index (χ3v) is 4.56. The van der Waals surface area contributed by atoms with E-state index in [4.69, 9.17) is 15.7 Å². The minimum absolute atomic E-state index is 0.0184. The Morgan fingerprint density at radius 1 is 1.17 bits per heavy atom.